The highest BCUT2D eigenvalue weighted by molar-refractivity contribution is 9.11. The lowest BCUT2D eigenvalue weighted by atomic mass is 10.1. The van der Waals surface area contributed by atoms with E-state index in [0.717, 1.165) is 14.5 Å². The molecule has 1 nitrogen and oxygen atoms in total. The molecular weight excluding hydrogens is 270 g/mol. The summed E-state index contributed by atoms with van der Waals surface area (Å²) in [6.07, 6.45) is 0. The van der Waals surface area contributed by atoms with Crippen molar-refractivity contribution in [2.75, 3.05) is 0 Å². The van der Waals surface area contributed by atoms with E-state index in [1.54, 1.807) is 0 Å². The summed E-state index contributed by atoms with van der Waals surface area (Å²) >= 11 is 6.79. The van der Waals surface area contributed by atoms with Crippen LogP contribution in [0.15, 0.2) is 27.1 Å². The molecule has 0 aliphatic heterocycles. The Morgan fingerprint density at radius 1 is 1.18 bits per heavy atom. The standard InChI is InChI=1S/C8H9Br2N/c1-5(11)6-2-7(9)4-8(10)3-6/h2-5H,11H2,1H3. The zero-order chi connectivity index (χ0) is 8.43. The lowest BCUT2D eigenvalue weighted by Crippen LogP contribution is -2.04. The molecule has 0 aliphatic rings. The van der Waals surface area contributed by atoms with E-state index >= 15 is 0 Å². The Kier molecular flexibility index (Phi) is 3.10. The van der Waals surface area contributed by atoms with Crippen molar-refractivity contribution in [3.8, 4) is 0 Å². The zero-order valence-corrected chi connectivity index (χ0v) is 9.31. The molecule has 0 spiro atoms. The second-order valence-corrected chi connectivity index (χ2v) is 4.32. The molecule has 0 aliphatic carbocycles. The minimum absolute atomic E-state index is 0.0869. The highest BCUT2D eigenvalue weighted by Gasteiger charge is 2.00. The monoisotopic (exact) mass is 277 g/mol. The lowest BCUT2D eigenvalue weighted by molar-refractivity contribution is 0.816. The Balaban J connectivity index is 3.08. The van der Waals surface area contributed by atoms with Crippen molar-refractivity contribution in [2.45, 2.75) is 13.0 Å². The summed E-state index contributed by atoms with van der Waals surface area (Å²) in [6.45, 7) is 1.97. The van der Waals surface area contributed by atoms with Gasteiger partial charge in [-0.05, 0) is 30.7 Å². The summed E-state index contributed by atoms with van der Waals surface area (Å²) < 4.78 is 2.11. The normalized spacial score (nSPS) is 13.1. The summed E-state index contributed by atoms with van der Waals surface area (Å²) in [6, 6.07) is 6.13. The molecule has 1 rings (SSSR count). The molecule has 3 heteroatoms. The third kappa shape index (κ3) is 2.58. The Morgan fingerprint density at radius 2 is 1.64 bits per heavy atom. The van der Waals surface area contributed by atoms with Crippen LogP contribution in [0.3, 0.4) is 0 Å². The molecular formula is C8H9Br2N. The van der Waals surface area contributed by atoms with Gasteiger partial charge in [0.1, 0.15) is 0 Å². The van der Waals surface area contributed by atoms with Gasteiger partial charge in [0, 0.05) is 15.0 Å². The Hall–Kier alpha value is 0.140. The van der Waals surface area contributed by atoms with Gasteiger partial charge in [-0.1, -0.05) is 31.9 Å². The van der Waals surface area contributed by atoms with Crippen LogP contribution < -0.4 is 5.73 Å². The molecule has 1 aromatic rings. The van der Waals surface area contributed by atoms with Gasteiger partial charge >= 0.3 is 0 Å². The van der Waals surface area contributed by atoms with E-state index in [-0.39, 0.29) is 6.04 Å². The first-order chi connectivity index (χ1) is 5.09. The van der Waals surface area contributed by atoms with E-state index in [0.29, 0.717) is 0 Å². The van der Waals surface area contributed by atoms with Crippen molar-refractivity contribution < 1.29 is 0 Å². The molecule has 60 valence electrons. The molecule has 1 atom stereocenters. The predicted molar refractivity (Wildman–Crippen MR) is 54.4 cm³/mol. The molecule has 0 heterocycles. The van der Waals surface area contributed by atoms with Crippen LogP contribution in [0, 0.1) is 0 Å². The van der Waals surface area contributed by atoms with Crippen LogP contribution in [-0.4, -0.2) is 0 Å². The van der Waals surface area contributed by atoms with Gasteiger partial charge in [-0.25, -0.2) is 0 Å². The van der Waals surface area contributed by atoms with Crippen molar-refractivity contribution in [1.29, 1.82) is 0 Å². The predicted octanol–water partition coefficient (Wildman–Crippen LogP) is 3.23. The second-order valence-electron chi connectivity index (χ2n) is 2.49. The summed E-state index contributed by atoms with van der Waals surface area (Å²) in [5.74, 6) is 0. The SMILES string of the molecule is CC(N)c1cc(Br)cc(Br)c1. The molecule has 1 aromatic carbocycles. The third-order valence-corrected chi connectivity index (χ3v) is 2.33. The molecule has 0 bridgehead atoms. The fraction of sp³-hybridized carbons (Fsp3) is 0.250. The van der Waals surface area contributed by atoms with Crippen molar-refractivity contribution >= 4 is 31.9 Å². The lowest BCUT2D eigenvalue weighted by Gasteiger charge is -2.06. The van der Waals surface area contributed by atoms with Crippen LogP contribution in [0.4, 0.5) is 0 Å². The zero-order valence-electron chi connectivity index (χ0n) is 6.14. The fourth-order valence-electron chi connectivity index (χ4n) is 0.838. The number of halogens is 2. The van der Waals surface area contributed by atoms with Gasteiger partial charge in [-0.3, -0.25) is 0 Å². The second kappa shape index (κ2) is 3.70. The summed E-state index contributed by atoms with van der Waals surface area (Å²) in [5, 5.41) is 0. The van der Waals surface area contributed by atoms with E-state index in [9.17, 15) is 0 Å². The largest absolute Gasteiger partial charge is 0.324 e. The Morgan fingerprint density at radius 3 is 2.00 bits per heavy atom. The van der Waals surface area contributed by atoms with E-state index in [4.69, 9.17) is 5.73 Å². The number of nitrogens with two attached hydrogens (primary N) is 1. The van der Waals surface area contributed by atoms with Gasteiger partial charge in [-0.2, -0.15) is 0 Å². The molecule has 2 N–H and O–H groups in total. The van der Waals surface area contributed by atoms with Gasteiger partial charge in [0.05, 0.1) is 0 Å². The van der Waals surface area contributed by atoms with E-state index in [2.05, 4.69) is 31.9 Å². The molecule has 0 fully saturated rings. The first kappa shape index (κ1) is 9.23. The average Bonchev–Trinajstić information content (AvgIpc) is 1.85. The minimum Gasteiger partial charge on any atom is -0.324 e. The molecule has 0 aromatic heterocycles. The Labute approximate surface area is 83.2 Å². The number of benzene rings is 1. The molecule has 1 unspecified atom stereocenters. The van der Waals surface area contributed by atoms with Crippen LogP contribution in [0.1, 0.15) is 18.5 Å². The molecule has 0 radical (unpaired) electrons. The summed E-state index contributed by atoms with van der Waals surface area (Å²) in [4.78, 5) is 0. The van der Waals surface area contributed by atoms with Crippen LogP contribution >= 0.6 is 31.9 Å². The maximum atomic E-state index is 5.71. The van der Waals surface area contributed by atoms with E-state index < -0.39 is 0 Å². The Bertz CT molecular complexity index is 238. The van der Waals surface area contributed by atoms with Crippen molar-refractivity contribution in [1.82, 2.24) is 0 Å². The maximum Gasteiger partial charge on any atom is 0.0266 e. The first-order valence-corrected chi connectivity index (χ1v) is 4.90. The summed E-state index contributed by atoms with van der Waals surface area (Å²) in [7, 11) is 0. The highest BCUT2D eigenvalue weighted by Crippen LogP contribution is 2.22. The summed E-state index contributed by atoms with van der Waals surface area (Å²) in [5.41, 5.74) is 6.84. The van der Waals surface area contributed by atoms with Crippen LogP contribution in [0.2, 0.25) is 0 Å². The molecule has 0 saturated carbocycles. The molecule has 0 amide bonds. The van der Waals surface area contributed by atoms with Gasteiger partial charge in [0.2, 0.25) is 0 Å². The van der Waals surface area contributed by atoms with E-state index in [1.165, 1.54) is 0 Å². The fourth-order valence-corrected chi connectivity index (χ4v) is 2.17. The minimum atomic E-state index is 0.0869. The van der Waals surface area contributed by atoms with Crippen LogP contribution in [-0.2, 0) is 0 Å². The van der Waals surface area contributed by atoms with Crippen molar-refractivity contribution in [2.24, 2.45) is 5.73 Å². The smallest absolute Gasteiger partial charge is 0.0266 e. The van der Waals surface area contributed by atoms with Crippen molar-refractivity contribution in [3.05, 3.63) is 32.7 Å². The van der Waals surface area contributed by atoms with Gasteiger partial charge in [-0.15, -0.1) is 0 Å². The van der Waals surface area contributed by atoms with Crippen LogP contribution in [0.5, 0.6) is 0 Å². The topological polar surface area (TPSA) is 26.0 Å². The maximum absolute atomic E-state index is 5.71. The van der Waals surface area contributed by atoms with Gasteiger partial charge in [0.15, 0.2) is 0 Å². The van der Waals surface area contributed by atoms with E-state index in [1.807, 2.05) is 25.1 Å². The van der Waals surface area contributed by atoms with Gasteiger partial charge in [0.25, 0.3) is 0 Å². The number of hydrogen-bond donors (Lipinski definition) is 1. The highest BCUT2D eigenvalue weighted by atomic mass is 79.9. The average molecular weight is 279 g/mol. The quantitative estimate of drug-likeness (QED) is 0.839. The first-order valence-electron chi connectivity index (χ1n) is 3.31. The van der Waals surface area contributed by atoms with Crippen molar-refractivity contribution in [3.63, 3.8) is 0 Å². The number of hydrogen-bond acceptors (Lipinski definition) is 1. The third-order valence-electron chi connectivity index (χ3n) is 1.41. The molecule has 0 saturated heterocycles. The van der Waals surface area contributed by atoms with Gasteiger partial charge < -0.3 is 5.73 Å². The molecule has 11 heavy (non-hydrogen) atoms. The number of rotatable bonds is 1. The van der Waals surface area contributed by atoms with Crippen LogP contribution in [0.25, 0.3) is 0 Å².